The van der Waals surface area contributed by atoms with Gasteiger partial charge in [0.25, 0.3) is 5.91 Å². The third-order valence-electron chi connectivity index (χ3n) is 2.44. The van der Waals surface area contributed by atoms with Crippen molar-refractivity contribution in [3.05, 3.63) is 28.8 Å². The third kappa shape index (κ3) is 3.89. The van der Waals surface area contributed by atoms with Crippen LogP contribution < -0.4 is 11.1 Å². The van der Waals surface area contributed by atoms with Crippen LogP contribution in [-0.4, -0.2) is 32.4 Å². The summed E-state index contributed by atoms with van der Waals surface area (Å²) in [5, 5.41) is 2.80. The number of carbonyl (C=O) groups excluding carboxylic acids is 1. The maximum absolute atomic E-state index is 11.7. The molecule has 3 N–H and O–H groups in total. The molecule has 0 spiro atoms. The maximum atomic E-state index is 11.7. The van der Waals surface area contributed by atoms with Gasteiger partial charge in [-0.25, -0.2) is 8.42 Å². The number of hydrogen-bond donors (Lipinski definition) is 2. The van der Waals surface area contributed by atoms with E-state index in [0.717, 1.165) is 0 Å². The monoisotopic (exact) mass is 290 g/mol. The Bertz CT molecular complexity index is 543. The summed E-state index contributed by atoms with van der Waals surface area (Å²) in [5.74, 6) is -0.459. The number of nitrogen functional groups attached to an aromatic ring is 1. The number of halogens is 1. The predicted octanol–water partition coefficient (Wildman–Crippen LogP) is 1.09. The van der Waals surface area contributed by atoms with Crippen molar-refractivity contribution in [1.29, 1.82) is 0 Å². The van der Waals surface area contributed by atoms with Crippen LogP contribution in [0.15, 0.2) is 18.2 Å². The second-order valence-electron chi connectivity index (χ2n) is 3.69. The molecule has 100 valence electrons. The molecule has 1 rings (SSSR count). The first-order chi connectivity index (χ1) is 8.37. The van der Waals surface area contributed by atoms with Crippen molar-refractivity contribution in [1.82, 2.24) is 5.32 Å². The van der Waals surface area contributed by atoms with Gasteiger partial charge in [0.2, 0.25) is 0 Å². The Morgan fingerprint density at radius 3 is 2.72 bits per heavy atom. The standard InChI is InChI=1S/C11H15ClN2O3S/c1-2-18(16,17)7-6-14-11(15)8-4-3-5-9(12)10(8)13/h3-5H,2,6-7,13H2,1H3,(H,14,15). The smallest absolute Gasteiger partial charge is 0.253 e. The lowest BCUT2D eigenvalue weighted by Crippen LogP contribution is -2.30. The third-order valence-corrected chi connectivity index (χ3v) is 4.47. The van der Waals surface area contributed by atoms with Gasteiger partial charge in [-0.3, -0.25) is 4.79 Å². The van der Waals surface area contributed by atoms with Crippen LogP contribution in [0.4, 0.5) is 5.69 Å². The molecule has 0 radical (unpaired) electrons. The van der Waals surface area contributed by atoms with E-state index in [-0.39, 0.29) is 29.3 Å². The van der Waals surface area contributed by atoms with Crippen molar-refractivity contribution in [2.75, 3.05) is 23.8 Å². The minimum Gasteiger partial charge on any atom is -0.397 e. The Morgan fingerprint density at radius 2 is 2.11 bits per heavy atom. The van der Waals surface area contributed by atoms with Gasteiger partial charge in [0.05, 0.1) is 22.0 Å². The first kappa shape index (κ1) is 14.8. The molecule has 7 heteroatoms. The summed E-state index contributed by atoms with van der Waals surface area (Å²) in [6.45, 7) is 1.62. The van der Waals surface area contributed by atoms with Gasteiger partial charge in [-0.05, 0) is 12.1 Å². The number of anilines is 1. The lowest BCUT2D eigenvalue weighted by Gasteiger charge is -2.08. The zero-order chi connectivity index (χ0) is 13.8. The zero-order valence-corrected chi connectivity index (χ0v) is 11.5. The fourth-order valence-corrected chi connectivity index (χ4v) is 2.17. The van der Waals surface area contributed by atoms with Gasteiger partial charge in [0, 0.05) is 12.3 Å². The molecule has 0 aromatic heterocycles. The molecule has 0 fully saturated rings. The van der Waals surface area contributed by atoms with E-state index in [0.29, 0.717) is 5.02 Å². The molecule has 0 heterocycles. The molecule has 0 aliphatic heterocycles. The van der Waals surface area contributed by atoms with Crippen molar-refractivity contribution < 1.29 is 13.2 Å². The molecule has 1 amide bonds. The summed E-state index contributed by atoms with van der Waals surface area (Å²) in [4.78, 5) is 11.7. The molecule has 0 bridgehead atoms. The van der Waals surface area contributed by atoms with E-state index in [2.05, 4.69) is 5.32 Å². The van der Waals surface area contributed by atoms with Crippen molar-refractivity contribution in [2.24, 2.45) is 0 Å². The summed E-state index contributed by atoms with van der Waals surface area (Å²) in [5.41, 5.74) is 6.09. The minimum atomic E-state index is -3.09. The van der Waals surface area contributed by atoms with Crippen LogP contribution in [0.3, 0.4) is 0 Å². The largest absolute Gasteiger partial charge is 0.397 e. The molecule has 1 aromatic carbocycles. The van der Waals surface area contributed by atoms with Crippen LogP contribution in [0.25, 0.3) is 0 Å². The van der Waals surface area contributed by atoms with Gasteiger partial charge in [-0.15, -0.1) is 0 Å². The highest BCUT2D eigenvalue weighted by Crippen LogP contribution is 2.21. The number of rotatable bonds is 5. The van der Waals surface area contributed by atoms with Crippen LogP contribution in [0.2, 0.25) is 5.02 Å². The number of hydrogen-bond acceptors (Lipinski definition) is 4. The highest BCUT2D eigenvalue weighted by molar-refractivity contribution is 7.91. The molecule has 5 nitrogen and oxygen atoms in total. The number of nitrogens with two attached hydrogens (primary N) is 1. The van der Waals surface area contributed by atoms with Gasteiger partial charge >= 0.3 is 0 Å². The number of para-hydroxylation sites is 1. The Balaban J connectivity index is 2.64. The molecule has 0 saturated heterocycles. The van der Waals surface area contributed by atoms with E-state index in [1.54, 1.807) is 19.1 Å². The Kier molecular flexibility index (Phi) is 4.98. The van der Waals surface area contributed by atoms with Gasteiger partial charge in [-0.2, -0.15) is 0 Å². The topological polar surface area (TPSA) is 89.3 Å². The van der Waals surface area contributed by atoms with E-state index < -0.39 is 15.7 Å². The first-order valence-corrected chi connectivity index (χ1v) is 7.60. The summed E-state index contributed by atoms with van der Waals surface area (Å²) in [6.07, 6.45) is 0. The second-order valence-corrected chi connectivity index (χ2v) is 6.57. The van der Waals surface area contributed by atoms with Crippen molar-refractivity contribution in [3.63, 3.8) is 0 Å². The average molecular weight is 291 g/mol. The zero-order valence-electron chi connectivity index (χ0n) is 9.94. The number of nitrogens with one attached hydrogen (secondary N) is 1. The van der Waals surface area contributed by atoms with E-state index >= 15 is 0 Å². The minimum absolute atomic E-state index is 0.0565. The fourth-order valence-electron chi connectivity index (χ4n) is 1.29. The number of carbonyl (C=O) groups is 1. The highest BCUT2D eigenvalue weighted by atomic mass is 35.5. The van der Waals surface area contributed by atoms with Crippen LogP contribution in [-0.2, 0) is 9.84 Å². The molecule has 0 aliphatic carbocycles. The van der Waals surface area contributed by atoms with Crippen molar-refractivity contribution >= 4 is 33.0 Å². The van der Waals surface area contributed by atoms with Crippen molar-refractivity contribution in [3.8, 4) is 0 Å². The Morgan fingerprint density at radius 1 is 1.44 bits per heavy atom. The Labute approximate surface area is 111 Å². The van der Waals surface area contributed by atoms with Gasteiger partial charge in [-0.1, -0.05) is 24.6 Å². The summed E-state index contributed by atoms with van der Waals surface area (Å²) < 4.78 is 22.5. The molecule has 0 saturated carbocycles. The number of benzene rings is 1. The number of sulfone groups is 1. The molecule has 0 aliphatic rings. The average Bonchev–Trinajstić information content (AvgIpc) is 2.32. The normalized spacial score (nSPS) is 11.2. The highest BCUT2D eigenvalue weighted by Gasteiger charge is 2.13. The van der Waals surface area contributed by atoms with Crippen LogP contribution in [0.1, 0.15) is 17.3 Å². The molecule has 0 unspecified atom stereocenters. The first-order valence-electron chi connectivity index (χ1n) is 5.40. The lowest BCUT2D eigenvalue weighted by atomic mass is 10.1. The fraction of sp³-hybridized carbons (Fsp3) is 0.364. The SMILES string of the molecule is CCS(=O)(=O)CCNC(=O)c1cccc(Cl)c1N. The second kappa shape index (κ2) is 6.06. The summed E-state index contributed by atoms with van der Waals surface area (Å²) in [6, 6.07) is 4.72. The van der Waals surface area contributed by atoms with Gasteiger partial charge < -0.3 is 11.1 Å². The summed E-state index contributed by atoms with van der Waals surface area (Å²) >= 11 is 5.79. The van der Waals surface area contributed by atoms with Crippen molar-refractivity contribution in [2.45, 2.75) is 6.92 Å². The molecular weight excluding hydrogens is 276 g/mol. The predicted molar refractivity (Wildman–Crippen MR) is 72.5 cm³/mol. The Hall–Kier alpha value is -1.27. The van der Waals surface area contributed by atoms with Crippen LogP contribution >= 0.6 is 11.6 Å². The maximum Gasteiger partial charge on any atom is 0.253 e. The van der Waals surface area contributed by atoms with Crippen LogP contribution in [0, 0.1) is 0 Å². The van der Waals surface area contributed by atoms with E-state index in [1.807, 2.05) is 0 Å². The van der Waals surface area contributed by atoms with E-state index in [4.69, 9.17) is 17.3 Å². The number of amides is 1. The van der Waals surface area contributed by atoms with Gasteiger partial charge in [0.15, 0.2) is 9.84 Å². The van der Waals surface area contributed by atoms with Crippen LogP contribution in [0.5, 0.6) is 0 Å². The van der Waals surface area contributed by atoms with Gasteiger partial charge in [0.1, 0.15) is 0 Å². The lowest BCUT2D eigenvalue weighted by molar-refractivity contribution is 0.0957. The molecule has 1 aromatic rings. The van der Waals surface area contributed by atoms with E-state index in [1.165, 1.54) is 6.07 Å². The molecular formula is C11H15ClN2O3S. The quantitative estimate of drug-likeness (QED) is 0.794. The van der Waals surface area contributed by atoms with E-state index in [9.17, 15) is 13.2 Å². The molecule has 0 atom stereocenters. The summed E-state index contributed by atoms with van der Waals surface area (Å²) in [7, 11) is -3.09. The molecule has 18 heavy (non-hydrogen) atoms.